The molecular weight excluding hydrogens is 368 g/mol. The number of esters is 1. The predicted octanol–water partition coefficient (Wildman–Crippen LogP) is 2.52. The standard InChI is InChI=1S/C22H26N4O3/c1-3-24-12-6-8-18(24)15-26-19-10-9-16(21(27)29-2)13-20(19)25(22(26)28)14-17-7-4-5-11-23-17/h4-5,7,9-11,13,18H,3,6,8,12,14-15H2,1-2H3/t18-/m1/s1. The van der Waals surface area contributed by atoms with Crippen LogP contribution in [0.2, 0.25) is 0 Å². The number of benzene rings is 1. The Morgan fingerprint density at radius 2 is 2.07 bits per heavy atom. The van der Waals surface area contributed by atoms with Gasteiger partial charge in [-0.1, -0.05) is 13.0 Å². The Balaban J connectivity index is 1.81. The van der Waals surface area contributed by atoms with E-state index in [1.165, 1.54) is 7.11 Å². The summed E-state index contributed by atoms with van der Waals surface area (Å²) in [6, 6.07) is 11.3. The lowest BCUT2D eigenvalue weighted by molar-refractivity contribution is 0.0601. The molecule has 7 heteroatoms. The van der Waals surface area contributed by atoms with Gasteiger partial charge in [0.2, 0.25) is 0 Å². The number of aromatic nitrogens is 3. The molecule has 0 saturated carbocycles. The fourth-order valence-corrected chi connectivity index (χ4v) is 4.28. The zero-order chi connectivity index (χ0) is 20.4. The highest BCUT2D eigenvalue weighted by molar-refractivity contribution is 5.93. The normalized spacial score (nSPS) is 17.1. The van der Waals surface area contributed by atoms with Crippen LogP contribution in [0.4, 0.5) is 0 Å². The van der Waals surface area contributed by atoms with E-state index >= 15 is 0 Å². The Morgan fingerprint density at radius 1 is 1.21 bits per heavy atom. The van der Waals surface area contributed by atoms with Crippen molar-refractivity contribution in [2.75, 3.05) is 20.2 Å². The summed E-state index contributed by atoms with van der Waals surface area (Å²) in [6.45, 7) is 5.23. The van der Waals surface area contributed by atoms with Crippen molar-refractivity contribution in [1.82, 2.24) is 19.0 Å². The van der Waals surface area contributed by atoms with Crippen molar-refractivity contribution in [3.8, 4) is 0 Å². The highest BCUT2D eigenvalue weighted by Gasteiger charge is 2.26. The third-order valence-corrected chi connectivity index (χ3v) is 5.78. The summed E-state index contributed by atoms with van der Waals surface area (Å²) in [6.07, 6.45) is 3.97. The highest BCUT2D eigenvalue weighted by Crippen LogP contribution is 2.22. The molecule has 0 unspecified atom stereocenters. The number of ether oxygens (including phenoxy) is 1. The molecule has 0 aliphatic carbocycles. The van der Waals surface area contributed by atoms with Crippen molar-refractivity contribution >= 4 is 17.0 Å². The van der Waals surface area contributed by atoms with Crippen LogP contribution in [0.3, 0.4) is 0 Å². The van der Waals surface area contributed by atoms with E-state index < -0.39 is 5.97 Å². The number of carbonyl (C=O) groups is 1. The number of likely N-dealkylation sites (tertiary alicyclic amines) is 1. The Kier molecular flexibility index (Phi) is 5.49. The van der Waals surface area contributed by atoms with Gasteiger partial charge < -0.3 is 4.74 Å². The van der Waals surface area contributed by atoms with Crippen LogP contribution in [0.25, 0.3) is 11.0 Å². The van der Waals surface area contributed by atoms with Gasteiger partial charge in [0, 0.05) is 18.8 Å². The molecule has 2 aromatic heterocycles. The van der Waals surface area contributed by atoms with Gasteiger partial charge in [-0.2, -0.15) is 0 Å². The minimum Gasteiger partial charge on any atom is -0.465 e. The monoisotopic (exact) mass is 394 g/mol. The van der Waals surface area contributed by atoms with E-state index in [9.17, 15) is 9.59 Å². The summed E-state index contributed by atoms with van der Waals surface area (Å²) in [5, 5.41) is 0. The summed E-state index contributed by atoms with van der Waals surface area (Å²) in [7, 11) is 1.36. The van der Waals surface area contributed by atoms with Crippen molar-refractivity contribution in [2.24, 2.45) is 0 Å². The number of likely N-dealkylation sites (N-methyl/N-ethyl adjacent to an activating group) is 1. The summed E-state index contributed by atoms with van der Waals surface area (Å²) in [5.41, 5.74) is 2.72. The zero-order valence-corrected chi connectivity index (χ0v) is 16.9. The summed E-state index contributed by atoms with van der Waals surface area (Å²) in [4.78, 5) is 32.2. The molecule has 0 amide bonds. The van der Waals surface area contributed by atoms with Crippen LogP contribution in [0, 0.1) is 0 Å². The molecule has 7 nitrogen and oxygen atoms in total. The van der Waals surface area contributed by atoms with Gasteiger partial charge in [-0.05, 0) is 56.3 Å². The van der Waals surface area contributed by atoms with Crippen molar-refractivity contribution in [2.45, 2.75) is 38.9 Å². The number of hydrogen-bond acceptors (Lipinski definition) is 5. The van der Waals surface area contributed by atoms with Crippen molar-refractivity contribution in [3.63, 3.8) is 0 Å². The van der Waals surface area contributed by atoms with Crippen LogP contribution in [-0.4, -0.2) is 51.2 Å². The van der Waals surface area contributed by atoms with Gasteiger partial charge in [-0.15, -0.1) is 0 Å². The Hall–Kier alpha value is -2.93. The fraction of sp³-hybridized carbons (Fsp3) is 0.409. The summed E-state index contributed by atoms with van der Waals surface area (Å²) in [5.74, 6) is -0.413. The molecule has 29 heavy (non-hydrogen) atoms. The first-order chi connectivity index (χ1) is 14.1. The van der Waals surface area contributed by atoms with E-state index in [0.717, 1.165) is 42.7 Å². The number of hydrogen-bond donors (Lipinski definition) is 0. The smallest absolute Gasteiger partial charge is 0.337 e. The van der Waals surface area contributed by atoms with Crippen molar-refractivity contribution in [3.05, 3.63) is 64.3 Å². The Bertz CT molecular complexity index is 1070. The maximum Gasteiger partial charge on any atom is 0.337 e. The summed E-state index contributed by atoms with van der Waals surface area (Å²) < 4.78 is 8.41. The molecule has 1 saturated heterocycles. The number of carbonyl (C=O) groups excluding carboxylic acids is 1. The molecule has 1 aliphatic heterocycles. The number of pyridine rings is 1. The van der Waals surface area contributed by atoms with Gasteiger partial charge in [-0.3, -0.25) is 19.0 Å². The second-order valence-electron chi connectivity index (χ2n) is 7.42. The number of fused-ring (bicyclic) bond motifs is 1. The second kappa shape index (κ2) is 8.21. The van der Waals surface area contributed by atoms with E-state index in [4.69, 9.17) is 4.74 Å². The number of nitrogens with zero attached hydrogens (tertiary/aromatic N) is 4. The van der Waals surface area contributed by atoms with Gasteiger partial charge in [0.05, 0.1) is 35.9 Å². The Morgan fingerprint density at radius 3 is 2.79 bits per heavy atom. The van der Waals surface area contributed by atoms with Crippen LogP contribution in [0.15, 0.2) is 47.4 Å². The fourth-order valence-electron chi connectivity index (χ4n) is 4.28. The van der Waals surface area contributed by atoms with Crippen LogP contribution in [0.1, 0.15) is 35.8 Å². The lowest BCUT2D eigenvalue weighted by atomic mass is 10.2. The average molecular weight is 394 g/mol. The van der Waals surface area contributed by atoms with E-state index in [-0.39, 0.29) is 5.69 Å². The molecule has 0 bridgehead atoms. The highest BCUT2D eigenvalue weighted by atomic mass is 16.5. The molecule has 1 aromatic carbocycles. The molecular formula is C22H26N4O3. The third-order valence-electron chi connectivity index (χ3n) is 5.78. The molecule has 152 valence electrons. The molecule has 1 fully saturated rings. The van der Waals surface area contributed by atoms with Gasteiger partial charge in [0.25, 0.3) is 0 Å². The van der Waals surface area contributed by atoms with Crippen LogP contribution < -0.4 is 5.69 Å². The molecule has 0 radical (unpaired) electrons. The van der Waals surface area contributed by atoms with E-state index in [0.29, 0.717) is 24.7 Å². The maximum atomic E-state index is 13.4. The zero-order valence-electron chi connectivity index (χ0n) is 16.9. The maximum absolute atomic E-state index is 13.4. The van der Waals surface area contributed by atoms with E-state index in [2.05, 4.69) is 16.8 Å². The minimum atomic E-state index is -0.413. The van der Waals surface area contributed by atoms with Crippen LogP contribution in [0.5, 0.6) is 0 Å². The SMILES string of the molecule is CCN1CCC[C@@H]1Cn1c(=O)n(Cc2ccccn2)c2cc(C(=O)OC)ccc21. The van der Waals surface area contributed by atoms with E-state index in [1.807, 2.05) is 28.8 Å². The number of imidazole rings is 1. The topological polar surface area (TPSA) is 69.4 Å². The number of methoxy groups -OCH3 is 1. The molecule has 1 atom stereocenters. The lowest BCUT2D eigenvalue weighted by Crippen LogP contribution is -2.36. The minimum absolute atomic E-state index is 0.0735. The summed E-state index contributed by atoms with van der Waals surface area (Å²) >= 11 is 0. The van der Waals surface area contributed by atoms with Crippen LogP contribution >= 0.6 is 0 Å². The largest absolute Gasteiger partial charge is 0.465 e. The van der Waals surface area contributed by atoms with E-state index in [1.54, 1.807) is 22.9 Å². The molecule has 1 aliphatic rings. The molecule has 3 aromatic rings. The first kappa shape index (κ1) is 19.4. The quantitative estimate of drug-likeness (QED) is 0.601. The number of rotatable bonds is 6. The first-order valence-corrected chi connectivity index (χ1v) is 10.1. The Labute approximate surface area is 169 Å². The third kappa shape index (κ3) is 3.70. The van der Waals surface area contributed by atoms with Gasteiger partial charge in [0.15, 0.2) is 0 Å². The predicted molar refractivity (Wildman–Crippen MR) is 111 cm³/mol. The van der Waals surface area contributed by atoms with Crippen molar-refractivity contribution < 1.29 is 9.53 Å². The lowest BCUT2D eigenvalue weighted by Gasteiger charge is -2.22. The molecule has 0 N–H and O–H groups in total. The second-order valence-corrected chi connectivity index (χ2v) is 7.42. The van der Waals surface area contributed by atoms with Gasteiger partial charge in [0.1, 0.15) is 0 Å². The average Bonchev–Trinajstić information content (AvgIpc) is 3.31. The first-order valence-electron chi connectivity index (χ1n) is 10.1. The van der Waals surface area contributed by atoms with Gasteiger partial charge in [-0.25, -0.2) is 9.59 Å². The van der Waals surface area contributed by atoms with Gasteiger partial charge >= 0.3 is 11.7 Å². The molecule has 4 rings (SSSR count). The molecule has 0 spiro atoms. The van der Waals surface area contributed by atoms with Crippen molar-refractivity contribution in [1.29, 1.82) is 0 Å². The molecule has 3 heterocycles. The van der Waals surface area contributed by atoms with Crippen LogP contribution in [-0.2, 0) is 17.8 Å².